The summed E-state index contributed by atoms with van der Waals surface area (Å²) in [5, 5.41) is 9.78. The maximum atomic E-state index is 9.77. The minimum atomic E-state index is 0.0116. The van der Waals surface area contributed by atoms with Crippen LogP contribution < -0.4 is 5.84 Å². The molecular weight excluding hydrogens is 96.0 g/mol. The van der Waals surface area contributed by atoms with E-state index in [0.717, 1.165) is 12.8 Å². The maximum absolute atomic E-state index is 9.77. The standard InChI is InChI=1S/C3H7N2O2/c4-5(6)7-3-1-2-3/h3H,1-2,4H2/q-1. The molecule has 0 saturated heterocycles. The molecule has 0 bridgehead atoms. The summed E-state index contributed by atoms with van der Waals surface area (Å²) in [6.45, 7) is 0. The molecule has 0 spiro atoms. The van der Waals surface area contributed by atoms with Crippen molar-refractivity contribution < 1.29 is 4.84 Å². The predicted molar refractivity (Wildman–Crippen MR) is 23.5 cm³/mol. The molecule has 0 atom stereocenters. The van der Waals surface area contributed by atoms with Crippen molar-refractivity contribution >= 4 is 0 Å². The van der Waals surface area contributed by atoms with Crippen LogP contribution in [0.1, 0.15) is 12.8 Å². The van der Waals surface area contributed by atoms with Gasteiger partial charge in [0.1, 0.15) is 0 Å². The van der Waals surface area contributed by atoms with Crippen LogP contribution in [0.2, 0.25) is 0 Å². The molecular formula is C3H7N2O2-. The van der Waals surface area contributed by atoms with Gasteiger partial charge in [0.25, 0.3) is 0 Å². The zero-order chi connectivity index (χ0) is 5.28. The van der Waals surface area contributed by atoms with E-state index < -0.39 is 0 Å². The highest BCUT2D eigenvalue weighted by Crippen LogP contribution is 2.23. The Morgan fingerprint density at radius 2 is 2.29 bits per heavy atom. The molecule has 7 heavy (non-hydrogen) atoms. The molecule has 0 unspecified atom stereocenters. The first-order valence-electron chi connectivity index (χ1n) is 2.18. The van der Waals surface area contributed by atoms with Gasteiger partial charge in [0, 0.05) is 0 Å². The Morgan fingerprint density at radius 3 is 2.43 bits per heavy atom. The van der Waals surface area contributed by atoms with Gasteiger partial charge in [-0.25, -0.2) is 0 Å². The van der Waals surface area contributed by atoms with Gasteiger partial charge in [-0.2, -0.15) is 5.34 Å². The van der Waals surface area contributed by atoms with Crippen molar-refractivity contribution in [1.82, 2.24) is 5.34 Å². The zero-order valence-corrected chi connectivity index (χ0v) is 3.83. The molecule has 0 aromatic carbocycles. The molecule has 0 heterocycles. The number of hydrazine groups is 1. The van der Waals surface area contributed by atoms with Crippen molar-refractivity contribution in [1.29, 1.82) is 0 Å². The Labute approximate surface area is 41.3 Å². The van der Waals surface area contributed by atoms with Crippen LogP contribution in [0, 0.1) is 5.21 Å². The van der Waals surface area contributed by atoms with Gasteiger partial charge < -0.3 is 5.21 Å². The summed E-state index contributed by atoms with van der Waals surface area (Å²) < 4.78 is 0. The van der Waals surface area contributed by atoms with Crippen LogP contribution in [0.25, 0.3) is 0 Å². The van der Waals surface area contributed by atoms with E-state index in [-0.39, 0.29) is 11.4 Å². The summed E-state index contributed by atoms with van der Waals surface area (Å²) in [4.78, 5) is 4.42. The molecule has 1 saturated carbocycles. The first-order chi connectivity index (χ1) is 3.29. The number of hydrogen-bond donors (Lipinski definition) is 1. The fourth-order valence-corrected chi connectivity index (χ4v) is 0.320. The summed E-state index contributed by atoms with van der Waals surface area (Å²) in [7, 11) is 0. The molecule has 2 N–H and O–H groups in total. The summed E-state index contributed by atoms with van der Waals surface area (Å²) in [6, 6.07) is 0. The van der Waals surface area contributed by atoms with E-state index in [1.807, 2.05) is 0 Å². The minimum absolute atomic E-state index is 0.0116. The molecule has 1 fully saturated rings. The second kappa shape index (κ2) is 1.75. The molecule has 0 amide bonds. The van der Waals surface area contributed by atoms with Crippen molar-refractivity contribution in [2.45, 2.75) is 18.9 Å². The van der Waals surface area contributed by atoms with Crippen LogP contribution in [0.4, 0.5) is 0 Å². The van der Waals surface area contributed by atoms with Crippen LogP contribution in [0.15, 0.2) is 0 Å². The molecule has 1 aliphatic carbocycles. The molecule has 4 nitrogen and oxygen atoms in total. The van der Waals surface area contributed by atoms with Crippen LogP contribution in [-0.4, -0.2) is 11.4 Å². The highest BCUT2D eigenvalue weighted by molar-refractivity contribution is 4.71. The lowest BCUT2D eigenvalue weighted by Gasteiger charge is -2.19. The van der Waals surface area contributed by atoms with Gasteiger partial charge in [0.15, 0.2) is 0 Å². The Morgan fingerprint density at radius 1 is 1.71 bits per heavy atom. The average Bonchev–Trinajstić information content (AvgIpc) is 2.17. The minimum Gasteiger partial charge on any atom is -0.748 e. The quantitative estimate of drug-likeness (QED) is 0.387. The predicted octanol–water partition coefficient (Wildman–Crippen LogP) is -0.246. The molecule has 0 aromatic heterocycles. The Kier molecular flexibility index (Phi) is 1.25. The Balaban J connectivity index is 1.97. The van der Waals surface area contributed by atoms with E-state index in [2.05, 4.69) is 10.7 Å². The average molecular weight is 103 g/mol. The molecule has 1 rings (SSSR count). The Hall–Kier alpha value is -0.160. The van der Waals surface area contributed by atoms with Crippen LogP contribution in [-0.2, 0) is 4.84 Å². The highest BCUT2D eigenvalue weighted by Gasteiger charge is 2.22. The smallest absolute Gasteiger partial charge is 0.0799 e. The van der Waals surface area contributed by atoms with E-state index in [1.165, 1.54) is 0 Å². The van der Waals surface area contributed by atoms with Gasteiger partial charge in [-0.3, -0.25) is 10.7 Å². The zero-order valence-electron chi connectivity index (χ0n) is 3.83. The second-order valence-electron chi connectivity index (χ2n) is 1.59. The van der Waals surface area contributed by atoms with Gasteiger partial charge in [-0.15, -0.1) is 0 Å². The molecule has 0 aliphatic heterocycles. The fourth-order valence-electron chi connectivity index (χ4n) is 0.320. The van der Waals surface area contributed by atoms with E-state index in [0.29, 0.717) is 0 Å². The molecule has 42 valence electrons. The van der Waals surface area contributed by atoms with Gasteiger partial charge in [0.05, 0.1) is 6.10 Å². The topological polar surface area (TPSA) is 61.5 Å². The van der Waals surface area contributed by atoms with E-state index >= 15 is 0 Å². The fraction of sp³-hybridized carbons (Fsp3) is 1.00. The number of nitrogens with zero attached hydrogens (tertiary/aromatic N) is 1. The summed E-state index contributed by atoms with van der Waals surface area (Å²) in [6.07, 6.45) is 2.05. The lowest BCUT2D eigenvalue weighted by Crippen LogP contribution is -2.24. The maximum Gasteiger partial charge on any atom is 0.0799 e. The summed E-state index contributed by atoms with van der Waals surface area (Å²) >= 11 is 0. The van der Waals surface area contributed by atoms with E-state index in [4.69, 9.17) is 0 Å². The highest BCUT2D eigenvalue weighted by atomic mass is 16.9. The third-order valence-electron chi connectivity index (χ3n) is 0.777. The SMILES string of the molecule is NN([O-])OC1CC1. The van der Waals surface area contributed by atoms with E-state index in [9.17, 15) is 5.21 Å². The number of rotatable bonds is 2. The normalized spacial score (nSPS) is 21.0. The molecule has 1 aliphatic rings. The van der Waals surface area contributed by atoms with Crippen molar-refractivity contribution in [2.75, 3.05) is 0 Å². The van der Waals surface area contributed by atoms with Crippen molar-refractivity contribution in [3.63, 3.8) is 0 Å². The third-order valence-corrected chi connectivity index (χ3v) is 0.777. The lowest BCUT2D eigenvalue weighted by atomic mass is 10.9. The molecule has 4 heteroatoms. The van der Waals surface area contributed by atoms with Gasteiger partial charge >= 0.3 is 0 Å². The lowest BCUT2D eigenvalue weighted by molar-refractivity contribution is -0.133. The van der Waals surface area contributed by atoms with E-state index in [1.54, 1.807) is 0 Å². The van der Waals surface area contributed by atoms with Crippen molar-refractivity contribution in [2.24, 2.45) is 5.84 Å². The summed E-state index contributed by atoms with van der Waals surface area (Å²) in [5.74, 6) is 4.59. The van der Waals surface area contributed by atoms with Crippen molar-refractivity contribution in [3.05, 3.63) is 5.21 Å². The van der Waals surface area contributed by atoms with Crippen LogP contribution >= 0.6 is 0 Å². The monoisotopic (exact) mass is 103 g/mol. The van der Waals surface area contributed by atoms with Gasteiger partial charge in [-0.05, 0) is 12.8 Å². The van der Waals surface area contributed by atoms with Gasteiger partial charge in [0.2, 0.25) is 0 Å². The third kappa shape index (κ3) is 1.84. The first kappa shape index (κ1) is 4.99. The van der Waals surface area contributed by atoms with Crippen LogP contribution in [0.3, 0.4) is 0 Å². The van der Waals surface area contributed by atoms with Gasteiger partial charge in [-0.1, -0.05) is 0 Å². The largest absolute Gasteiger partial charge is 0.748 e. The number of hydrogen-bond acceptors (Lipinski definition) is 4. The molecule has 0 aromatic rings. The van der Waals surface area contributed by atoms with Crippen molar-refractivity contribution in [3.8, 4) is 0 Å². The first-order valence-corrected chi connectivity index (χ1v) is 2.18. The summed E-state index contributed by atoms with van der Waals surface area (Å²) in [5.41, 5.74) is 0. The molecule has 0 radical (unpaired) electrons. The number of nitrogens with two attached hydrogens (primary N) is 1. The Bertz CT molecular complexity index is 62.0. The second-order valence-corrected chi connectivity index (χ2v) is 1.59. The van der Waals surface area contributed by atoms with Crippen LogP contribution in [0.5, 0.6) is 0 Å².